The van der Waals surface area contributed by atoms with E-state index in [-0.39, 0.29) is 23.2 Å². The van der Waals surface area contributed by atoms with Crippen LogP contribution in [-0.4, -0.2) is 47.9 Å². The topological polar surface area (TPSA) is 103 Å². The maximum atomic E-state index is 12.5. The first-order valence-corrected chi connectivity index (χ1v) is 9.87. The lowest BCUT2D eigenvalue weighted by Crippen LogP contribution is -2.30. The Morgan fingerprint density at radius 3 is 2.22 bits per heavy atom. The van der Waals surface area contributed by atoms with Crippen LogP contribution in [0.15, 0.2) is 72.2 Å². The van der Waals surface area contributed by atoms with E-state index in [1.165, 1.54) is 20.3 Å². The first-order chi connectivity index (χ1) is 15.3. The zero-order chi connectivity index (χ0) is 23.3. The molecule has 9 heteroatoms. The van der Waals surface area contributed by atoms with Crippen LogP contribution >= 0.6 is 0 Å². The van der Waals surface area contributed by atoms with Gasteiger partial charge in [0.15, 0.2) is 5.69 Å². The van der Waals surface area contributed by atoms with Crippen LogP contribution in [0.1, 0.15) is 24.3 Å². The van der Waals surface area contributed by atoms with E-state index in [1.807, 2.05) is 13.8 Å². The lowest BCUT2D eigenvalue weighted by molar-refractivity contribution is -0.139. The molecule has 0 saturated heterocycles. The van der Waals surface area contributed by atoms with Gasteiger partial charge in [0.05, 0.1) is 25.5 Å². The van der Waals surface area contributed by atoms with Crippen molar-refractivity contribution in [1.82, 2.24) is 15.1 Å². The van der Waals surface area contributed by atoms with E-state index in [0.717, 1.165) is 0 Å². The van der Waals surface area contributed by atoms with E-state index in [1.54, 1.807) is 64.5 Å². The highest BCUT2D eigenvalue weighted by Gasteiger charge is 2.27. The quantitative estimate of drug-likeness (QED) is 0.694. The van der Waals surface area contributed by atoms with Gasteiger partial charge in [0.1, 0.15) is 5.70 Å². The molecule has 0 bridgehead atoms. The minimum Gasteiger partial charge on any atom is -0.465 e. The van der Waals surface area contributed by atoms with E-state index in [2.05, 4.69) is 10.4 Å². The number of nitrogens with zero attached hydrogens (tertiary/aromatic N) is 3. The minimum absolute atomic E-state index is 0.00930. The Morgan fingerprint density at radius 2 is 1.59 bits per heavy atom. The zero-order valence-electron chi connectivity index (χ0n) is 18.2. The number of methoxy groups -OCH3 is 2. The third kappa shape index (κ3) is 4.77. The Hall–Kier alpha value is -4.14. The van der Waals surface area contributed by atoms with Crippen molar-refractivity contribution >= 4 is 23.5 Å². The second-order valence-corrected chi connectivity index (χ2v) is 7.11. The fourth-order valence-corrected chi connectivity index (χ4v) is 3.06. The summed E-state index contributed by atoms with van der Waals surface area (Å²) in [5.41, 5.74) is 1.74. The monoisotopic (exact) mass is 436 g/mol. The number of hydrogen-bond donors (Lipinski definition) is 1. The van der Waals surface area contributed by atoms with Crippen LogP contribution < -0.4 is 10.2 Å². The SMILES string of the molecule is COC(=O)C1=C(C(=O)OC)N(c2ccc(-n3ccc(C(=O)NC(C)C)n3)cc2)C=CC=C1. The molecule has 3 rings (SSSR count). The highest BCUT2D eigenvalue weighted by atomic mass is 16.5. The van der Waals surface area contributed by atoms with Gasteiger partial charge in [-0.05, 0) is 56.3 Å². The molecule has 1 aliphatic heterocycles. The maximum Gasteiger partial charge on any atom is 0.355 e. The number of amides is 1. The van der Waals surface area contributed by atoms with Gasteiger partial charge in [-0.1, -0.05) is 6.08 Å². The van der Waals surface area contributed by atoms with Crippen molar-refractivity contribution in [3.05, 3.63) is 77.9 Å². The maximum absolute atomic E-state index is 12.5. The predicted octanol–water partition coefficient (Wildman–Crippen LogP) is 2.50. The summed E-state index contributed by atoms with van der Waals surface area (Å²) in [5.74, 6) is -1.59. The van der Waals surface area contributed by atoms with Gasteiger partial charge in [-0.25, -0.2) is 14.3 Å². The first kappa shape index (κ1) is 22.5. The summed E-state index contributed by atoms with van der Waals surface area (Å²) in [6, 6.07) is 8.73. The number of allylic oxidation sites excluding steroid dienone is 2. The summed E-state index contributed by atoms with van der Waals surface area (Å²) >= 11 is 0. The van der Waals surface area contributed by atoms with Gasteiger partial charge >= 0.3 is 11.9 Å². The molecule has 0 aliphatic carbocycles. The Bertz CT molecular complexity index is 1110. The highest BCUT2D eigenvalue weighted by molar-refractivity contribution is 6.05. The van der Waals surface area contributed by atoms with Crippen molar-refractivity contribution in [2.75, 3.05) is 19.1 Å². The summed E-state index contributed by atoms with van der Waals surface area (Å²) < 4.78 is 11.3. The highest BCUT2D eigenvalue weighted by Crippen LogP contribution is 2.27. The largest absolute Gasteiger partial charge is 0.465 e. The molecule has 1 N–H and O–H groups in total. The Labute approximate surface area is 185 Å². The third-order valence-corrected chi connectivity index (χ3v) is 4.52. The molecular weight excluding hydrogens is 412 g/mol. The standard InChI is InChI=1S/C23H24N4O5/c1-15(2)24-21(28)19-12-14-27(25-19)17-10-8-16(9-11-17)26-13-6-5-7-18(22(29)31-3)20(26)23(30)32-4/h5-15H,1-4H3,(H,24,28). The summed E-state index contributed by atoms with van der Waals surface area (Å²) in [7, 11) is 2.49. The number of hydrogen-bond acceptors (Lipinski definition) is 7. The van der Waals surface area contributed by atoms with Crippen LogP contribution in [0.25, 0.3) is 5.69 Å². The molecule has 1 aliphatic rings. The molecule has 0 saturated carbocycles. The van der Waals surface area contributed by atoms with Crippen LogP contribution in [0.4, 0.5) is 5.69 Å². The van der Waals surface area contributed by atoms with Crippen LogP contribution in [0.5, 0.6) is 0 Å². The molecular formula is C23H24N4O5. The van der Waals surface area contributed by atoms with E-state index in [4.69, 9.17) is 9.47 Å². The number of rotatable bonds is 6. The van der Waals surface area contributed by atoms with E-state index >= 15 is 0 Å². The summed E-state index contributed by atoms with van der Waals surface area (Å²) in [6.45, 7) is 3.76. The zero-order valence-corrected chi connectivity index (χ0v) is 18.2. The van der Waals surface area contributed by atoms with E-state index in [0.29, 0.717) is 17.1 Å². The Balaban J connectivity index is 1.94. The van der Waals surface area contributed by atoms with Crippen molar-refractivity contribution in [3.63, 3.8) is 0 Å². The van der Waals surface area contributed by atoms with Gasteiger partial charge in [-0.15, -0.1) is 0 Å². The van der Waals surface area contributed by atoms with Crippen molar-refractivity contribution in [3.8, 4) is 5.69 Å². The lowest BCUT2D eigenvalue weighted by Gasteiger charge is -2.23. The second kappa shape index (κ2) is 9.78. The molecule has 0 radical (unpaired) electrons. The number of carbonyl (C=O) groups is 3. The third-order valence-electron chi connectivity index (χ3n) is 4.52. The molecule has 0 fully saturated rings. The normalized spacial score (nSPS) is 13.2. The van der Waals surface area contributed by atoms with Crippen molar-refractivity contribution in [2.45, 2.75) is 19.9 Å². The minimum atomic E-state index is -0.682. The van der Waals surface area contributed by atoms with Gasteiger partial charge in [0.2, 0.25) is 0 Å². The molecule has 32 heavy (non-hydrogen) atoms. The average Bonchev–Trinajstić information content (AvgIpc) is 3.18. The molecule has 9 nitrogen and oxygen atoms in total. The molecule has 166 valence electrons. The molecule has 1 amide bonds. The van der Waals surface area contributed by atoms with Gasteiger partial charge in [-0.2, -0.15) is 5.10 Å². The lowest BCUT2D eigenvalue weighted by atomic mass is 10.1. The molecule has 0 spiro atoms. The number of ether oxygens (including phenoxy) is 2. The molecule has 1 aromatic heterocycles. The van der Waals surface area contributed by atoms with E-state index in [9.17, 15) is 14.4 Å². The van der Waals surface area contributed by atoms with Gasteiger partial charge in [0.25, 0.3) is 5.91 Å². The van der Waals surface area contributed by atoms with Gasteiger partial charge < -0.3 is 19.7 Å². The fraction of sp³-hybridized carbons (Fsp3) is 0.217. The van der Waals surface area contributed by atoms with Crippen molar-refractivity contribution < 1.29 is 23.9 Å². The first-order valence-electron chi connectivity index (χ1n) is 9.87. The smallest absolute Gasteiger partial charge is 0.355 e. The number of nitrogens with one attached hydrogen (secondary N) is 1. The average molecular weight is 436 g/mol. The number of anilines is 1. The number of benzene rings is 1. The predicted molar refractivity (Wildman–Crippen MR) is 118 cm³/mol. The Kier molecular flexibility index (Phi) is 6.89. The van der Waals surface area contributed by atoms with Crippen LogP contribution in [-0.2, 0) is 19.1 Å². The van der Waals surface area contributed by atoms with Crippen LogP contribution in [0.3, 0.4) is 0 Å². The Morgan fingerprint density at radius 1 is 0.938 bits per heavy atom. The summed E-state index contributed by atoms with van der Waals surface area (Å²) in [5, 5.41) is 7.12. The van der Waals surface area contributed by atoms with Crippen LogP contribution in [0, 0.1) is 0 Å². The molecule has 2 aromatic rings. The van der Waals surface area contributed by atoms with Gasteiger partial charge in [0, 0.05) is 24.1 Å². The summed E-state index contributed by atoms with van der Waals surface area (Å²) in [4.78, 5) is 38.5. The molecule has 2 heterocycles. The number of esters is 2. The second-order valence-electron chi connectivity index (χ2n) is 7.11. The van der Waals surface area contributed by atoms with Crippen molar-refractivity contribution in [2.24, 2.45) is 0 Å². The molecule has 0 unspecified atom stereocenters. The molecule has 1 aromatic carbocycles. The molecule has 0 atom stereocenters. The van der Waals surface area contributed by atoms with E-state index < -0.39 is 11.9 Å². The fourth-order valence-electron chi connectivity index (χ4n) is 3.06. The van der Waals surface area contributed by atoms with Crippen molar-refractivity contribution in [1.29, 1.82) is 0 Å². The summed E-state index contributed by atoms with van der Waals surface area (Å²) in [6.07, 6.45) is 8.17. The number of carbonyl (C=O) groups excluding carboxylic acids is 3. The van der Waals surface area contributed by atoms with Gasteiger partial charge in [-0.3, -0.25) is 4.79 Å². The van der Waals surface area contributed by atoms with Crippen LogP contribution in [0.2, 0.25) is 0 Å². The number of aromatic nitrogens is 2.